The molecule has 0 spiro atoms. The van der Waals surface area contributed by atoms with Crippen molar-refractivity contribution in [1.82, 2.24) is 0 Å². The van der Waals surface area contributed by atoms with Gasteiger partial charge >= 0.3 is 0 Å². The van der Waals surface area contributed by atoms with Crippen molar-refractivity contribution in [3.05, 3.63) is 68.5 Å². The second-order valence-electron chi connectivity index (χ2n) is 4.52. The number of imide groups is 1. The summed E-state index contributed by atoms with van der Waals surface area (Å²) in [5.41, 5.74) is 1.32. The van der Waals surface area contributed by atoms with Gasteiger partial charge in [-0.05, 0) is 47.7 Å². The highest BCUT2D eigenvalue weighted by Gasteiger charge is 2.36. The fourth-order valence-electron chi connectivity index (χ4n) is 2.04. The summed E-state index contributed by atoms with van der Waals surface area (Å²) in [4.78, 5) is 26.2. The number of hydrogen-bond donors (Lipinski definition) is 0. The molecule has 2 amide bonds. The molecule has 1 heterocycles. The van der Waals surface area contributed by atoms with E-state index in [4.69, 9.17) is 11.6 Å². The number of nitrogens with zero attached hydrogens (tertiary/aromatic N) is 1. The van der Waals surface area contributed by atoms with Crippen molar-refractivity contribution in [3.8, 4) is 0 Å². The Morgan fingerprint density at radius 2 is 1.86 bits per heavy atom. The fraction of sp³-hybridized carbons (Fsp3) is 0. The summed E-state index contributed by atoms with van der Waals surface area (Å²) < 4.78 is 0.865. The third-order valence-electron chi connectivity index (χ3n) is 3.05. The van der Waals surface area contributed by atoms with Crippen LogP contribution in [0.25, 0.3) is 6.08 Å². The summed E-state index contributed by atoms with van der Waals surface area (Å²) in [5, 5.41) is 0.150. The molecular formula is C16H9BrClNO2S. The molecule has 3 nitrogen and oxygen atoms in total. The van der Waals surface area contributed by atoms with Crippen molar-refractivity contribution < 1.29 is 9.59 Å². The molecule has 1 aliphatic heterocycles. The lowest BCUT2D eigenvalue weighted by molar-refractivity contribution is -0.113. The zero-order valence-corrected chi connectivity index (χ0v) is 14.3. The van der Waals surface area contributed by atoms with Gasteiger partial charge in [-0.3, -0.25) is 9.59 Å². The van der Waals surface area contributed by atoms with Crippen LogP contribution in [0.3, 0.4) is 0 Å². The normalized spacial score (nSPS) is 16.6. The molecule has 22 heavy (non-hydrogen) atoms. The first-order chi connectivity index (χ1) is 10.6. The second kappa shape index (κ2) is 6.28. The van der Waals surface area contributed by atoms with E-state index in [1.807, 2.05) is 24.3 Å². The van der Waals surface area contributed by atoms with Crippen molar-refractivity contribution in [2.45, 2.75) is 0 Å². The van der Waals surface area contributed by atoms with Crippen LogP contribution >= 0.6 is 39.3 Å². The van der Waals surface area contributed by atoms with Gasteiger partial charge in [0.05, 0.1) is 10.6 Å². The second-order valence-corrected chi connectivity index (χ2v) is 6.80. The van der Waals surface area contributed by atoms with Crippen molar-refractivity contribution >= 4 is 62.2 Å². The molecule has 1 aliphatic rings. The predicted octanol–water partition coefficient (Wildman–Crippen LogP) is 5.34. The molecule has 3 rings (SSSR count). The molecule has 1 saturated heterocycles. The Bertz CT molecular complexity index is 806. The summed E-state index contributed by atoms with van der Waals surface area (Å²) in [7, 11) is 0. The lowest BCUT2D eigenvalue weighted by Crippen LogP contribution is -2.27. The van der Waals surface area contributed by atoms with E-state index in [0.29, 0.717) is 15.6 Å². The molecule has 0 radical (unpaired) electrons. The highest BCUT2D eigenvalue weighted by atomic mass is 79.9. The van der Waals surface area contributed by atoms with Gasteiger partial charge < -0.3 is 0 Å². The van der Waals surface area contributed by atoms with Crippen molar-refractivity contribution in [2.75, 3.05) is 4.90 Å². The number of hydrogen-bond acceptors (Lipinski definition) is 3. The largest absolute Gasteiger partial charge is 0.298 e. The maximum absolute atomic E-state index is 12.5. The van der Waals surface area contributed by atoms with E-state index in [-0.39, 0.29) is 11.1 Å². The smallest absolute Gasteiger partial charge is 0.268 e. The van der Waals surface area contributed by atoms with Crippen LogP contribution in [0.15, 0.2) is 57.9 Å². The number of benzene rings is 2. The van der Waals surface area contributed by atoms with Gasteiger partial charge in [-0.1, -0.05) is 51.8 Å². The SMILES string of the molecule is O=C1S/C(=C/c2ccccc2Br)C(=O)N1c1cccc(Cl)c1. The highest BCUT2D eigenvalue weighted by molar-refractivity contribution is 9.10. The van der Waals surface area contributed by atoms with Crippen LogP contribution in [-0.4, -0.2) is 11.1 Å². The zero-order valence-electron chi connectivity index (χ0n) is 11.1. The first-order valence-electron chi connectivity index (χ1n) is 6.34. The third kappa shape index (κ3) is 2.97. The summed E-state index contributed by atoms with van der Waals surface area (Å²) in [6.07, 6.45) is 1.71. The Hall–Kier alpha value is -1.56. The first-order valence-corrected chi connectivity index (χ1v) is 8.33. The lowest BCUT2D eigenvalue weighted by Gasteiger charge is -2.12. The van der Waals surface area contributed by atoms with Gasteiger partial charge in [0.2, 0.25) is 0 Å². The molecule has 0 unspecified atom stereocenters. The Kier molecular flexibility index (Phi) is 4.38. The van der Waals surface area contributed by atoms with E-state index >= 15 is 0 Å². The van der Waals surface area contributed by atoms with Gasteiger partial charge in [-0.2, -0.15) is 0 Å². The minimum atomic E-state index is -0.340. The fourth-order valence-corrected chi connectivity index (χ4v) is 3.45. The summed E-state index contributed by atoms with van der Waals surface area (Å²) in [6.45, 7) is 0. The lowest BCUT2D eigenvalue weighted by atomic mass is 10.2. The maximum atomic E-state index is 12.5. The van der Waals surface area contributed by atoms with Crippen LogP contribution in [-0.2, 0) is 4.79 Å². The Labute approximate surface area is 145 Å². The predicted molar refractivity (Wildman–Crippen MR) is 94.0 cm³/mol. The Morgan fingerprint density at radius 1 is 1.09 bits per heavy atom. The number of anilines is 1. The van der Waals surface area contributed by atoms with Crippen LogP contribution < -0.4 is 4.90 Å². The van der Waals surface area contributed by atoms with E-state index in [1.165, 1.54) is 0 Å². The summed E-state index contributed by atoms with van der Waals surface area (Å²) >= 11 is 10.3. The standard InChI is InChI=1S/C16H9BrClNO2S/c17-13-7-2-1-4-10(13)8-14-15(20)19(16(21)22-14)12-6-3-5-11(18)9-12/h1-9H/b14-8+. The Morgan fingerprint density at radius 3 is 2.59 bits per heavy atom. The van der Waals surface area contributed by atoms with Gasteiger partial charge in [0.1, 0.15) is 0 Å². The minimum Gasteiger partial charge on any atom is -0.268 e. The van der Waals surface area contributed by atoms with Gasteiger partial charge in [-0.15, -0.1) is 0 Å². The van der Waals surface area contributed by atoms with E-state index in [1.54, 1.807) is 30.3 Å². The summed E-state index contributed by atoms with van der Waals surface area (Å²) in [6, 6.07) is 14.2. The van der Waals surface area contributed by atoms with Crippen LogP contribution in [0.2, 0.25) is 5.02 Å². The number of amides is 2. The first kappa shape index (κ1) is 15.3. The van der Waals surface area contributed by atoms with Crippen LogP contribution in [0, 0.1) is 0 Å². The number of thioether (sulfide) groups is 1. The average Bonchev–Trinajstić information content (AvgIpc) is 2.76. The molecule has 0 aromatic heterocycles. The molecule has 6 heteroatoms. The van der Waals surface area contributed by atoms with Gasteiger partial charge in [0, 0.05) is 9.50 Å². The van der Waals surface area contributed by atoms with Crippen LogP contribution in [0.1, 0.15) is 5.56 Å². The van der Waals surface area contributed by atoms with Gasteiger partial charge in [0.15, 0.2) is 0 Å². The number of rotatable bonds is 2. The van der Waals surface area contributed by atoms with Crippen molar-refractivity contribution in [3.63, 3.8) is 0 Å². The average molecular weight is 395 g/mol. The maximum Gasteiger partial charge on any atom is 0.298 e. The van der Waals surface area contributed by atoms with E-state index in [0.717, 1.165) is 26.7 Å². The molecule has 2 aromatic carbocycles. The van der Waals surface area contributed by atoms with E-state index in [9.17, 15) is 9.59 Å². The van der Waals surface area contributed by atoms with E-state index < -0.39 is 0 Å². The zero-order chi connectivity index (χ0) is 15.7. The number of halogens is 2. The monoisotopic (exact) mass is 393 g/mol. The number of carbonyl (C=O) groups excluding carboxylic acids is 2. The molecule has 2 aromatic rings. The van der Waals surface area contributed by atoms with E-state index in [2.05, 4.69) is 15.9 Å². The number of carbonyl (C=O) groups is 2. The molecular weight excluding hydrogens is 386 g/mol. The summed E-state index contributed by atoms with van der Waals surface area (Å²) in [5.74, 6) is -0.340. The van der Waals surface area contributed by atoms with Gasteiger partial charge in [-0.25, -0.2) is 4.90 Å². The van der Waals surface area contributed by atoms with Crippen molar-refractivity contribution in [1.29, 1.82) is 0 Å². The van der Waals surface area contributed by atoms with Crippen molar-refractivity contribution in [2.24, 2.45) is 0 Å². The van der Waals surface area contributed by atoms with Crippen LogP contribution in [0.4, 0.5) is 10.5 Å². The molecule has 0 N–H and O–H groups in total. The highest BCUT2D eigenvalue weighted by Crippen LogP contribution is 2.37. The molecule has 110 valence electrons. The molecule has 0 atom stereocenters. The molecule has 0 aliphatic carbocycles. The molecule has 0 bridgehead atoms. The third-order valence-corrected chi connectivity index (χ3v) is 4.88. The topological polar surface area (TPSA) is 37.4 Å². The quantitative estimate of drug-likeness (QED) is 0.645. The van der Waals surface area contributed by atoms with Crippen LogP contribution in [0.5, 0.6) is 0 Å². The van der Waals surface area contributed by atoms with Gasteiger partial charge in [0.25, 0.3) is 11.1 Å². The Balaban J connectivity index is 1.97. The minimum absolute atomic E-state index is 0.328. The molecule has 1 fully saturated rings. The molecule has 0 saturated carbocycles.